The van der Waals surface area contributed by atoms with E-state index in [1.54, 1.807) is 12.3 Å². The molecule has 0 unspecified atom stereocenters. The van der Waals surface area contributed by atoms with E-state index >= 15 is 0 Å². The number of carbonyl (C=O) groups excluding carboxylic acids is 1. The molecule has 0 saturated heterocycles. The van der Waals surface area contributed by atoms with Crippen molar-refractivity contribution in [1.29, 1.82) is 0 Å². The van der Waals surface area contributed by atoms with Gasteiger partial charge in [0.05, 0.1) is 6.10 Å². The molecular weight excluding hydrogens is 244 g/mol. The van der Waals surface area contributed by atoms with Crippen molar-refractivity contribution < 1.29 is 9.53 Å². The Kier molecular flexibility index (Phi) is 4.54. The van der Waals surface area contributed by atoms with Crippen LogP contribution in [0, 0.1) is 0 Å². The molecule has 2 rings (SSSR count). The van der Waals surface area contributed by atoms with Gasteiger partial charge in [0, 0.05) is 31.3 Å². The lowest BCUT2D eigenvalue weighted by atomic mass is 10.4. The van der Waals surface area contributed by atoms with Gasteiger partial charge in [-0.2, -0.15) is 4.98 Å². The van der Waals surface area contributed by atoms with Crippen molar-refractivity contribution in [2.75, 3.05) is 11.9 Å². The number of ether oxygens (including phenoxy) is 1. The molecule has 6 nitrogen and oxygen atoms in total. The molecule has 1 fully saturated rings. The van der Waals surface area contributed by atoms with Crippen LogP contribution in [-0.4, -0.2) is 34.6 Å². The van der Waals surface area contributed by atoms with Crippen LogP contribution in [0.5, 0.6) is 5.88 Å². The van der Waals surface area contributed by atoms with Crippen LogP contribution < -0.4 is 15.4 Å². The van der Waals surface area contributed by atoms with Crippen LogP contribution in [-0.2, 0) is 4.79 Å². The number of amides is 1. The van der Waals surface area contributed by atoms with Gasteiger partial charge in [-0.15, -0.1) is 0 Å². The molecule has 1 aromatic rings. The van der Waals surface area contributed by atoms with Crippen molar-refractivity contribution in [3.05, 3.63) is 12.3 Å². The van der Waals surface area contributed by atoms with Crippen LogP contribution in [0.15, 0.2) is 12.3 Å². The number of carbonyl (C=O) groups is 1. The number of aromatic nitrogens is 2. The minimum absolute atomic E-state index is 0.0737. The van der Waals surface area contributed by atoms with E-state index in [4.69, 9.17) is 4.74 Å². The van der Waals surface area contributed by atoms with E-state index in [1.165, 1.54) is 0 Å². The molecule has 0 bridgehead atoms. The first-order valence-electron chi connectivity index (χ1n) is 6.66. The first kappa shape index (κ1) is 13.6. The van der Waals surface area contributed by atoms with E-state index < -0.39 is 0 Å². The molecule has 1 aliphatic rings. The van der Waals surface area contributed by atoms with Crippen LogP contribution in [0.4, 0.5) is 5.95 Å². The summed E-state index contributed by atoms with van der Waals surface area (Å²) in [6, 6.07) is 2.12. The van der Waals surface area contributed by atoms with Crippen LogP contribution >= 0.6 is 0 Å². The molecule has 0 aliphatic heterocycles. The second-order valence-electron chi connectivity index (χ2n) is 4.90. The Hall–Kier alpha value is -1.85. The van der Waals surface area contributed by atoms with Crippen molar-refractivity contribution >= 4 is 11.9 Å². The van der Waals surface area contributed by atoms with Gasteiger partial charge < -0.3 is 15.4 Å². The Labute approximate surface area is 113 Å². The zero-order valence-corrected chi connectivity index (χ0v) is 11.3. The van der Waals surface area contributed by atoms with Gasteiger partial charge in [0.2, 0.25) is 17.7 Å². The first-order valence-corrected chi connectivity index (χ1v) is 6.66. The molecule has 1 aliphatic carbocycles. The summed E-state index contributed by atoms with van der Waals surface area (Å²) < 4.78 is 5.47. The lowest BCUT2D eigenvalue weighted by molar-refractivity contribution is -0.120. The number of anilines is 1. The van der Waals surface area contributed by atoms with E-state index in [2.05, 4.69) is 20.6 Å². The summed E-state index contributed by atoms with van der Waals surface area (Å²) in [5.74, 6) is 1.09. The standard InChI is InChI=1S/C13H20N4O2/c1-9(2)19-12-6-8-15-13(17-12)14-7-5-11(18)16-10-3-4-10/h6,8-10H,3-5,7H2,1-2H3,(H,16,18)(H,14,15,17). The lowest BCUT2D eigenvalue weighted by Gasteiger charge is -2.10. The Balaban J connectivity index is 1.73. The molecule has 0 radical (unpaired) electrons. The molecule has 0 atom stereocenters. The van der Waals surface area contributed by atoms with Gasteiger partial charge in [-0.1, -0.05) is 0 Å². The van der Waals surface area contributed by atoms with E-state index in [0.29, 0.717) is 30.8 Å². The van der Waals surface area contributed by atoms with E-state index in [0.717, 1.165) is 12.8 Å². The predicted molar refractivity (Wildman–Crippen MR) is 72.1 cm³/mol. The van der Waals surface area contributed by atoms with Gasteiger partial charge in [0.1, 0.15) is 0 Å². The zero-order valence-electron chi connectivity index (χ0n) is 11.3. The number of nitrogens with one attached hydrogen (secondary N) is 2. The number of hydrogen-bond acceptors (Lipinski definition) is 5. The maximum atomic E-state index is 11.5. The fourth-order valence-corrected chi connectivity index (χ4v) is 1.55. The Morgan fingerprint density at radius 1 is 1.53 bits per heavy atom. The molecular formula is C13H20N4O2. The average molecular weight is 264 g/mol. The Morgan fingerprint density at radius 2 is 2.32 bits per heavy atom. The second kappa shape index (κ2) is 6.36. The van der Waals surface area contributed by atoms with Crippen molar-refractivity contribution in [3.8, 4) is 5.88 Å². The summed E-state index contributed by atoms with van der Waals surface area (Å²) in [7, 11) is 0. The smallest absolute Gasteiger partial charge is 0.225 e. The van der Waals surface area contributed by atoms with Gasteiger partial charge in [0.25, 0.3) is 0 Å². The maximum Gasteiger partial charge on any atom is 0.225 e. The van der Waals surface area contributed by atoms with Crippen molar-refractivity contribution in [1.82, 2.24) is 15.3 Å². The highest BCUT2D eigenvalue weighted by Crippen LogP contribution is 2.18. The van der Waals surface area contributed by atoms with Gasteiger partial charge >= 0.3 is 0 Å². The summed E-state index contributed by atoms with van der Waals surface area (Å²) in [6.45, 7) is 4.40. The molecule has 1 aromatic heterocycles. The normalized spacial score (nSPS) is 14.3. The third kappa shape index (κ3) is 5.11. The van der Waals surface area contributed by atoms with Crippen LogP contribution in [0.3, 0.4) is 0 Å². The molecule has 1 saturated carbocycles. The second-order valence-corrected chi connectivity index (χ2v) is 4.90. The third-order valence-electron chi connectivity index (χ3n) is 2.56. The molecule has 1 amide bonds. The summed E-state index contributed by atoms with van der Waals surface area (Å²) in [4.78, 5) is 19.8. The maximum absolute atomic E-state index is 11.5. The van der Waals surface area contributed by atoms with E-state index in [1.807, 2.05) is 13.8 Å². The molecule has 2 N–H and O–H groups in total. The number of nitrogens with zero attached hydrogens (tertiary/aromatic N) is 2. The molecule has 0 aromatic carbocycles. The quantitative estimate of drug-likeness (QED) is 0.777. The fourth-order valence-electron chi connectivity index (χ4n) is 1.55. The molecule has 1 heterocycles. The zero-order chi connectivity index (χ0) is 13.7. The van der Waals surface area contributed by atoms with Crippen molar-refractivity contribution in [2.24, 2.45) is 0 Å². The molecule has 104 valence electrons. The van der Waals surface area contributed by atoms with Crippen LogP contribution in [0.1, 0.15) is 33.1 Å². The van der Waals surface area contributed by atoms with Crippen LogP contribution in [0.2, 0.25) is 0 Å². The fraction of sp³-hybridized carbons (Fsp3) is 0.615. The highest BCUT2D eigenvalue weighted by molar-refractivity contribution is 5.77. The lowest BCUT2D eigenvalue weighted by Crippen LogP contribution is -2.27. The minimum Gasteiger partial charge on any atom is -0.475 e. The SMILES string of the molecule is CC(C)Oc1ccnc(NCCC(=O)NC2CC2)n1. The summed E-state index contributed by atoms with van der Waals surface area (Å²) >= 11 is 0. The first-order chi connectivity index (χ1) is 9.13. The van der Waals surface area contributed by atoms with Gasteiger partial charge in [-0.05, 0) is 26.7 Å². The van der Waals surface area contributed by atoms with Crippen molar-refractivity contribution in [2.45, 2.75) is 45.3 Å². The average Bonchev–Trinajstić information content (AvgIpc) is 3.12. The predicted octanol–water partition coefficient (Wildman–Crippen LogP) is 1.34. The Bertz CT molecular complexity index is 432. The molecule has 0 spiro atoms. The third-order valence-corrected chi connectivity index (χ3v) is 2.56. The highest BCUT2D eigenvalue weighted by atomic mass is 16.5. The summed E-state index contributed by atoms with van der Waals surface area (Å²) in [5.41, 5.74) is 0. The van der Waals surface area contributed by atoms with Gasteiger partial charge in [-0.3, -0.25) is 4.79 Å². The summed E-state index contributed by atoms with van der Waals surface area (Å²) in [5, 5.41) is 5.95. The van der Waals surface area contributed by atoms with Crippen molar-refractivity contribution in [3.63, 3.8) is 0 Å². The summed E-state index contributed by atoms with van der Waals surface area (Å²) in [6.07, 6.45) is 4.35. The minimum atomic E-state index is 0.0737. The van der Waals surface area contributed by atoms with Gasteiger partial charge in [0.15, 0.2) is 0 Å². The number of hydrogen-bond donors (Lipinski definition) is 2. The topological polar surface area (TPSA) is 76.1 Å². The van der Waals surface area contributed by atoms with Crippen LogP contribution in [0.25, 0.3) is 0 Å². The van der Waals surface area contributed by atoms with E-state index in [-0.39, 0.29) is 12.0 Å². The highest BCUT2D eigenvalue weighted by Gasteiger charge is 2.22. The molecule has 6 heteroatoms. The van der Waals surface area contributed by atoms with E-state index in [9.17, 15) is 4.79 Å². The Morgan fingerprint density at radius 3 is 3.00 bits per heavy atom. The largest absolute Gasteiger partial charge is 0.475 e. The molecule has 19 heavy (non-hydrogen) atoms. The monoisotopic (exact) mass is 264 g/mol. The number of rotatable bonds is 7. The van der Waals surface area contributed by atoms with Gasteiger partial charge in [-0.25, -0.2) is 4.98 Å².